The van der Waals surface area contributed by atoms with Crippen LogP contribution in [0.1, 0.15) is 110 Å². The van der Waals surface area contributed by atoms with Crippen molar-refractivity contribution in [3.63, 3.8) is 0 Å². The molecule has 56 heavy (non-hydrogen) atoms. The Hall–Kier alpha value is -4.25. The maximum absolute atomic E-state index is 12.2. The number of Topliss-reactive ketones (excluding diaryl/α,β-unsaturated/α-hetero) is 1. The molecule has 10 heteroatoms. The van der Waals surface area contributed by atoms with Crippen molar-refractivity contribution in [1.82, 2.24) is 10.2 Å². The topological polar surface area (TPSA) is 128 Å². The molecule has 1 saturated carbocycles. The Bertz CT molecular complexity index is 1640. The first-order valence-electron chi connectivity index (χ1n) is 20.0. The van der Waals surface area contributed by atoms with E-state index in [1.165, 1.54) is 7.11 Å². The van der Waals surface area contributed by atoms with Crippen LogP contribution in [0, 0.1) is 17.8 Å². The summed E-state index contributed by atoms with van der Waals surface area (Å²) < 4.78 is 14.8. The summed E-state index contributed by atoms with van der Waals surface area (Å²) in [6.45, 7) is 22.6. The highest BCUT2D eigenvalue weighted by Crippen LogP contribution is 2.46. The maximum Gasteiger partial charge on any atom is 0.411 e. The molecular formula is C46H68N2O8. The van der Waals surface area contributed by atoms with E-state index >= 15 is 0 Å². The molecule has 0 spiro atoms. The van der Waals surface area contributed by atoms with Gasteiger partial charge in [-0.25, -0.2) is 4.79 Å². The van der Waals surface area contributed by atoms with Crippen LogP contribution in [-0.4, -0.2) is 92.8 Å². The molecule has 3 aromatic rings. The van der Waals surface area contributed by atoms with Crippen LogP contribution >= 0.6 is 0 Å². The van der Waals surface area contributed by atoms with E-state index in [4.69, 9.17) is 9.47 Å². The van der Waals surface area contributed by atoms with Crippen molar-refractivity contribution in [2.45, 2.75) is 119 Å². The fourth-order valence-electron chi connectivity index (χ4n) is 6.65. The second kappa shape index (κ2) is 25.1. The molecule has 1 aliphatic carbocycles. The van der Waals surface area contributed by atoms with Gasteiger partial charge in [0.05, 0.1) is 12.1 Å². The molecule has 1 amide bonds. The molecule has 2 heterocycles. The predicted molar refractivity (Wildman–Crippen MR) is 226 cm³/mol. The van der Waals surface area contributed by atoms with Crippen molar-refractivity contribution < 1.29 is 38.2 Å². The summed E-state index contributed by atoms with van der Waals surface area (Å²) in [5, 5.41) is 5.18. The first-order chi connectivity index (χ1) is 26.7. The second-order valence-corrected chi connectivity index (χ2v) is 14.6. The molecule has 1 N–H and O–H groups in total. The number of piperidine rings is 1. The number of amides is 1. The summed E-state index contributed by atoms with van der Waals surface area (Å²) >= 11 is 0. The van der Waals surface area contributed by atoms with Gasteiger partial charge in [0.25, 0.3) is 0 Å². The highest BCUT2D eigenvalue weighted by atomic mass is 16.6. The van der Waals surface area contributed by atoms with Crippen LogP contribution in [0.5, 0.6) is 0 Å². The monoisotopic (exact) mass is 776 g/mol. The Kier molecular flexibility index (Phi) is 22.3. The number of rotatable bonds is 8. The van der Waals surface area contributed by atoms with Crippen LogP contribution in [0.3, 0.4) is 0 Å². The number of aldehydes is 3. The number of fused-ring (bicyclic) bond motifs is 2. The van der Waals surface area contributed by atoms with Gasteiger partial charge in [-0.15, -0.1) is 0 Å². The van der Waals surface area contributed by atoms with Gasteiger partial charge >= 0.3 is 6.09 Å². The van der Waals surface area contributed by atoms with Gasteiger partial charge < -0.3 is 29.1 Å². The number of nitrogens with one attached hydrogen (secondary N) is 1. The Balaban J connectivity index is 0.000000410. The third-order valence-electron chi connectivity index (χ3n) is 9.80. The molecule has 3 unspecified atom stereocenters. The number of ketones is 1. The molecule has 10 nitrogen and oxygen atoms in total. The average Bonchev–Trinajstić information content (AvgIpc) is 3.48. The number of benzene rings is 3. The molecule has 2 saturated heterocycles. The number of carbonyl (C=O) groups excluding carboxylic acids is 5. The van der Waals surface area contributed by atoms with Crippen molar-refractivity contribution in [2.24, 2.45) is 17.8 Å². The predicted octanol–water partition coefficient (Wildman–Crippen LogP) is 9.25. The molecule has 0 bridgehead atoms. The van der Waals surface area contributed by atoms with Crippen LogP contribution < -0.4 is 5.32 Å². The third-order valence-corrected chi connectivity index (χ3v) is 9.80. The number of likely N-dealkylation sites (tertiary alicyclic amines) is 1. The number of methoxy groups -OCH3 is 2. The minimum Gasteiger partial charge on any atom is -0.444 e. The zero-order chi connectivity index (χ0) is 42.6. The SMILES string of the molecule is CC.CC.CC1C[C@@H](C=O)N(C(=O)OC(C)(C)C)[C@@H]1C.CCOC.COCC(=O)c1cccc2c(-c3ccc(C=O)cc3)cccc12.C[C@@H]1C2C[C@@H](C=O)NC21. The number of ether oxygens (including phenoxy) is 3. The third kappa shape index (κ3) is 14.4. The smallest absolute Gasteiger partial charge is 0.411 e. The van der Waals surface area contributed by atoms with E-state index < -0.39 is 5.60 Å². The minimum atomic E-state index is -0.518. The highest BCUT2D eigenvalue weighted by molar-refractivity contribution is 6.11. The quantitative estimate of drug-likeness (QED) is 0.176. The van der Waals surface area contributed by atoms with E-state index in [1.807, 2.05) is 118 Å². The first-order valence-corrected chi connectivity index (χ1v) is 20.0. The molecule has 6 rings (SSSR count). The van der Waals surface area contributed by atoms with Gasteiger partial charge in [-0.05, 0) is 87.1 Å². The van der Waals surface area contributed by atoms with E-state index in [9.17, 15) is 24.0 Å². The van der Waals surface area contributed by atoms with Crippen LogP contribution in [0.2, 0.25) is 0 Å². The molecule has 7 atom stereocenters. The van der Waals surface area contributed by atoms with E-state index in [2.05, 4.69) is 17.0 Å². The number of hydrogen-bond acceptors (Lipinski definition) is 9. The van der Waals surface area contributed by atoms with E-state index in [0.29, 0.717) is 23.1 Å². The van der Waals surface area contributed by atoms with Gasteiger partial charge in [-0.3, -0.25) is 14.5 Å². The molecule has 2 aliphatic heterocycles. The molecule has 310 valence electrons. The largest absolute Gasteiger partial charge is 0.444 e. The molecular weight excluding hydrogens is 709 g/mol. The first kappa shape index (κ1) is 49.8. The summed E-state index contributed by atoms with van der Waals surface area (Å²) in [7, 11) is 3.20. The van der Waals surface area contributed by atoms with Crippen molar-refractivity contribution in [1.29, 1.82) is 0 Å². The Labute approximate surface area is 336 Å². The lowest BCUT2D eigenvalue weighted by Gasteiger charge is -2.29. The van der Waals surface area contributed by atoms with Gasteiger partial charge in [0.15, 0.2) is 5.78 Å². The van der Waals surface area contributed by atoms with Crippen LogP contribution in [0.4, 0.5) is 4.79 Å². The van der Waals surface area contributed by atoms with Crippen LogP contribution in [-0.2, 0) is 23.8 Å². The lowest BCUT2D eigenvalue weighted by atomic mass is 9.94. The van der Waals surface area contributed by atoms with Gasteiger partial charge in [-0.2, -0.15) is 0 Å². The van der Waals surface area contributed by atoms with E-state index in [0.717, 1.165) is 72.0 Å². The average molecular weight is 777 g/mol. The van der Waals surface area contributed by atoms with Crippen molar-refractivity contribution in [3.05, 3.63) is 71.8 Å². The number of nitrogens with zero attached hydrogens (tertiary/aromatic N) is 1. The number of carbonyl (C=O) groups is 5. The highest BCUT2D eigenvalue weighted by Gasteiger charge is 2.52. The number of hydrogen-bond donors (Lipinski definition) is 1. The standard InChI is InChI=1S/C20H16O3.C12H21NO3.C7H11NO.C3H8O.2C2H6/c1-23-13-20(22)19-7-3-5-17-16(4-2-6-18(17)19)15-10-8-14(12-21)9-11-15;1-8-6-10(7-14)13(9(8)2)11(15)16-12(3,4)5;1-4-6-2-5(3-9)8-7(4)6;1-3-4-2;2*1-2/h2-12H,13H2,1H3;7-10H,6H2,1-5H3;3-8H,2H2,1H3;3H2,1-2H3;2*1-2H3/t;8?,9-,10+;4-,5+,6?,7?;;;/m.11.../s1. The van der Waals surface area contributed by atoms with Crippen LogP contribution in [0.25, 0.3) is 21.9 Å². The lowest BCUT2D eigenvalue weighted by Crippen LogP contribution is -2.44. The molecule has 3 aliphatic rings. The molecule has 0 aromatic heterocycles. The zero-order valence-electron chi connectivity index (χ0n) is 36.1. The fourth-order valence-corrected chi connectivity index (χ4v) is 6.65. The van der Waals surface area contributed by atoms with Gasteiger partial charge in [0.2, 0.25) is 0 Å². The van der Waals surface area contributed by atoms with Crippen molar-refractivity contribution in [2.75, 3.05) is 27.4 Å². The van der Waals surface area contributed by atoms with Crippen molar-refractivity contribution in [3.8, 4) is 11.1 Å². The second-order valence-electron chi connectivity index (χ2n) is 14.6. The summed E-state index contributed by atoms with van der Waals surface area (Å²) in [5.41, 5.74) is 2.83. The van der Waals surface area contributed by atoms with Gasteiger partial charge in [0.1, 0.15) is 31.1 Å². The Morgan fingerprint density at radius 1 is 0.821 bits per heavy atom. The Morgan fingerprint density at radius 2 is 1.41 bits per heavy atom. The van der Waals surface area contributed by atoms with Crippen LogP contribution in [0.15, 0.2) is 60.7 Å². The van der Waals surface area contributed by atoms with E-state index in [-0.39, 0.29) is 36.6 Å². The summed E-state index contributed by atoms with van der Waals surface area (Å²) in [4.78, 5) is 57.7. The molecule has 3 fully saturated rings. The maximum atomic E-state index is 12.2. The van der Waals surface area contributed by atoms with Gasteiger partial charge in [0, 0.05) is 44.0 Å². The zero-order valence-corrected chi connectivity index (χ0v) is 36.1. The summed E-state index contributed by atoms with van der Waals surface area (Å²) in [5.74, 6) is 1.95. The molecule has 3 aromatic carbocycles. The minimum absolute atomic E-state index is 0.0356. The lowest BCUT2D eigenvalue weighted by molar-refractivity contribution is -0.112. The Morgan fingerprint density at radius 3 is 1.89 bits per heavy atom. The fraction of sp³-hybridized carbons (Fsp3) is 0.543. The van der Waals surface area contributed by atoms with E-state index in [1.54, 1.807) is 24.1 Å². The summed E-state index contributed by atoms with van der Waals surface area (Å²) in [6, 6.07) is 19.6. The summed E-state index contributed by atoms with van der Waals surface area (Å²) in [6.07, 6.45) is 4.11. The van der Waals surface area contributed by atoms with Crippen molar-refractivity contribution >= 4 is 41.5 Å². The normalized spacial score (nSPS) is 22.6. The molecule has 0 radical (unpaired) electrons. The van der Waals surface area contributed by atoms with Gasteiger partial charge in [-0.1, -0.05) is 102 Å².